The Hall–Kier alpha value is -4.30. The number of imide groups is 1. The fourth-order valence-electron chi connectivity index (χ4n) is 13.4. The number of unbranched alkanes of at least 4 members (excludes halogenated alkanes) is 40. The number of aliphatic hydroxyl groups is 3. The largest absolute Gasteiger partial charge is 0.480 e. The van der Waals surface area contributed by atoms with E-state index >= 15 is 19.2 Å². The molecule has 105 heavy (non-hydrogen) atoms. The number of carboxylic acid groups (broad SMARTS) is 1. The molecule has 0 radical (unpaired) electrons. The fraction of sp³-hybridized carbons (Fsp3) is 0.889. The summed E-state index contributed by atoms with van der Waals surface area (Å²) in [6.07, 6.45) is 42.4. The molecule has 7 atom stereocenters. The quantitative estimate of drug-likeness (QED) is 0.0199. The molecule has 1 unspecified atom stereocenters. The fourth-order valence-corrected chi connectivity index (χ4v) is 14.7. The zero-order valence-corrected chi connectivity index (χ0v) is 67.2. The number of nitrogens with zero attached hydrogens (tertiary/aromatic N) is 1. The van der Waals surface area contributed by atoms with Crippen LogP contribution in [0, 0.1) is 0 Å². The number of carboxylic acids is 1. The maximum absolute atomic E-state index is 15.9. The minimum Gasteiger partial charge on any atom is -0.480 e. The summed E-state index contributed by atoms with van der Waals surface area (Å²) >= 11 is 0.912. The molecule has 0 aromatic heterocycles. The Kier molecular flexibility index (Phi) is 67.2. The molecule has 7 amide bonds. The number of thioether (sulfide) groups is 1. The number of carbonyl (C=O) groups excluding carboxylic acids is 8. The summed E-state index contributed by atoms with van der Waals surface area (Å²) in [5, 5.41) is 55.3. The van der Waals surface area contributed by atoms with Crippen LogP contribution < -0.4 is 49.5 Å². The molecule has 0 spiro atoms. The summed E-state index contributed by atoms with van der Waals surface area (Å²) in [7, 11) is 0. The number of rotatable bonds is 77. The van der Waals surface area contributed by atoms with Crippen molar-refractivity contribution in [3.05, 3.63) is 0 Å². The van der Waals surface area contributed by atoms with Crippen LogP contribution in [0.5, 0.6) is 0 Å². The number of ketones is 1. The highest BCUT2D eigenvalue weighted by atomic mass is 32.2. The highest BCUT2D eigenvalue weighted by molar-refractivity contribution is 7.99. The van der Waals surface area contributed by atoms with E-state index in [0.717, 1.165) is 100 Å². The Morgan fingerprint density at radius 3 is 0.886 bits per heavy atom. The summed E-state index contributed by atoms with van der Waals surface area (Å²) < 4.78 is 0. The zero-order valence-electron chi connectivity index (χ0n) is 66.4. The Balaban J connectivity index is 7.65. The minimum absolute atomic E-state index is 0.0383. The molecule has 0 aromatic carbocycles. The maximum atomic E-state index is 15.9. The van der Waals surface area contributed by atoms with Crippen molar-refractivity contribution in [1.29, 1.82) is 0 Å². The normalized spacial score (nSPS) is 13.8. The first-order valence-electron chi connectivity index (χ1n) is 42.4. The van der Waals surface area contributed by atoms with Gasteiger partial charge in [-0.2, -0.15) is 11.8 Å². The molecule has 0 saturated heterocycles. The average molecular weight is 1510 g/mol. The van der Waals surface area contributed by atoms with E-state index < -0.39 is 114 Å². The van der Waals surface area contributed by atoms with Crippen molar-refractivity contribution in [1.82, 2.24) is 31.5 Å². The van der Waals surface area contributed by atoms with Crippen LogP contribution in [0.15, 0.2) is 0 Å². The molecule has 0 aromatic rings. The van der Waals surface area contributed by atoms with Crippen molar-refractivity contribution in [3.63, 3.8) is 0 Å². The first-order chi connectivity index (χ1) is 50.9. The SMILES string of the molecule is CCCCCCCCCCCCCCCC(=O)N(C(=O)CCCCCCCCCCCCCCC)[C@](CSCC(O)CO)(C(=O)CCCCCCCCCCCCCCC)C(=O)N[C@@H](CO)C(=O)N[C@@H](CCCCN)C(=O)N[C@@H](CCCCN)C(=O)N[C@@H](CCCCN)C(=O)N[C@@H](CCCCN)C(=O)O. The number of hydrogen-bond acceptors (Lipinski definition) is 17. The van der Waals surface area contributed by atoms with Gasteiger partial charge in [-0.25, -0.2) is 4.79 Å². The number of carbonyl (C=O) groups is 9. The van der Waals surface area contributed by atoms with E-state index in [4.69, 9.17) is 22.9 Å². The summed E-state index contributed by atoms with van der Waals surface area (Å²) in [5.41, 5.74) is 20.6. The number of nitrogens with two attached hydrogens (primary N) is 4. The van der Waals surface area contributed by atoms with E-state index in [1.807, 2.05) is 0 Å². The van der Waals surface area contributed by atoms with E-state index in [2.05, 4.69) is 47.4 Å². The van der Waals surface area contributed by atoms with Crippen molar-refractivity contribution in [3.8, 4) is 0 Å². The molecule has 23 nitrogen and oxygen atoms in total. The molecule has 0 saturated carbocycles. The van der Waals surface area contributed by atoms with Crippen LogP contribution in [0.4, 0.5) is 0 Å². The maximum Gasteiger partial charge on any atom is 0.326 e. The lowest BCUT2D eigenvalue weighted by molar-refractivity contribution is -0.163. The number of aliphatic carboxylic acids is 1. The Morgan fingerprint density at radius 1 is 0.343 bits per heavy atom. The van der Waals surface area contributed by atoms with Gasteiger partial charge in [-0.15, -0.1) is 0 Å². The lowest BCUT2D eigenvalue weighted by Crippen LogP contribution is -2.70. The van der Waals surface area contributed by atoms with Gasteiger partial charge in [0.05, 0.1) is 19.3 Å². The molecule has 0 heterocycles. The number of hydrogen-bond donors (Lipinski definition) is 13. The van der Waals surface area contributed by atoms with Crippen LogP contribution in [0.2, 0.25) is 0 Å². The summed E-state index contributed by atoms with van der Waals surface area (Å²) in [4.78, 5) is 133. The van der Waals surface area contributed by atoms with E-state index in [1.54, 1.807) is 0 Å². The molecule has 0 rings (SSSR count). The summed E-state index contributed by atoms with van der Waals surface area (Å²) in [6.45, 7) is 6.03. The van der Waals surface area contributed by atoms with Gasteiger partial charge in [0.25, 0.3) is 5.91 Å². The minimum atomic E-state index is -2.61. The molecule has 17 N–H and O–H groups in total. The van der Waals surface area contributed by atoms with Crippen LogP contribution in [0.1, 0.15) is 367 Å². The third-order valence-electron chi connectivity index (χ3n) is 20.2. The predicted molar refractivity (Wildman–Crippen MR) is 427 cm³/mol. The molecule has 0 aliphatic heterocycles. The number of nitrogens with one attached hydrogen (secondary N) is 5. The standard InChI is InChI=1S/C81H156N10O13S/c1-4-7-10-13-16-19-22-25-28-31-34-37-40-55-72(95)81(65-105-64-66(94)62-92,91(73(96)56-41-38-35-32-29-26-23-20-17-14-11-8-5-2)74(97)57-42-39-36-33-30-27-24-21-18-15-12-9-6-3)80(104)90-71(63-93)78(101)88-68(52-44-48-59-83)76(99)86-67(51-43-47-58-82)75(98)87-69(53-45-49-60-84)77(100)89-70(79(102)103)54-46-50-61-85/h66-71,92-94H,4-65,82-85H2,1-3H3,(H,86,99)(H,87,98)(H,88,101)(H,89,100)(H,90,104)(H,102,103)/t66?,67-,68-,69-,70-,71-,81+/m0/s1. The molecule has 0 aliphatic rings. The van der Waals surface area contributed by atoms with Gasteiger partial charge in [-0.05, 0) is 122 Å². The first-order valence-corrected chi connectivity index (χ1v) is 43.5. The van der Waals surface area contributed by atoms with Crippen LogP contribution in [0.25, 0.3) is 0 Å². The van der Waals surface area contributed by atoms with E-state index in [9.17, 15) is 44.4 Å². The molecule has 614 valence electrons. The second-order valence-corrected chi connectivity index (χ2v) is 30.7. The van der Waals surface area contributed by atoms with Gasteiger partial charge in [0.15, 0.2) is 11.3 Å². The third-order valence-corrected chi connectivity index (χ3v) is 21.4. The second-order valence-electron chi connectivity index (χ2n) is 29.7. The topological polar surface area (TPSA) is 402 Å². The Labute approximate surface area is 640 Å². The van der Waals surface area contributed by atoms with Gasteiger partial charge < -0.3 is 69.9 Å². The Morgan fingerprint density at radius 2 is 0.610 bits per heavy atom. The van der Waals surface area contributed by atoms with Crippen molar-refractivity contribution in [2.24, 2.45) is 22.9 Å². The van der Waals surface area contributed by atoms with Gasteiger partial charge in [-0.1, -0.05) is 252 Å². The van der Waals surface area contributed by atoms with Gasteiger partial charge in [0.2, 0.25) is 35.4 Å². The average Bonchev–Trinajstić information content (AvgIpc) is 0.759. The number of aliphatic hydroxyl groups excluding tert-OH is 3. The molecule has 0 fully saturated rings. The lowest BCUT2D eigenvalue weighted by Gasteiger charge is -2.41. The lowest BCUT2D eigenvalue weighted by atomic mass is 9.87. The molecule has 0 bridgehead atoms. The van der Waals surface area contributed by atoms with E-state index in [0.29, 0.717) is 103 Å². The van der Waals surface area contributed by atoms with Crippen molar-refractivity contribution < 1.29 is 63.6 Å². The van der Waals surface area contributed by atoms with Crippen molar-refractivity contribution in [2.45, 2.75) is 409 Å². The highest BCUT2D eigenvalue weighted by Gasteiger charge is 2.55. The van der Waals surface area contributed by atoms with Crippen molar-refractivity contribution in [2.75, 3.05) is 50.9 Å². The predicted octanol–water partition coefficient (Wildman–Crippen LogP) is 12.2. The van der Waals surface area contributed by atoms with Gasteiger partial charge >= 0.3 is 5.97 Å². The zero-order chi connectivity index (χ0) is 77.8. The Bertz CT molecular complexity index is 2180. The molecular weight excluding hydrogens is 1350 g/mol. The molecule has 0 aliphatic carbocycles. The highest BCUT2D eigenvalue weighted by Crippen LogP contribution is 2.31. The number of Topliss-reactive ketones (excluding diaryl/α,β-unsaturated/α-hetero) is 1. The molecular formula is C81H156N10O13S. The smallest absolute Gasteiger partial charge is 0.326 e. The third kappa shape index (κ3) is 50.2. The van der Waals surface area contributed by atoms with Crippen LogP contribution in [-0.2, 0) is 43.2 Å². The van der Waals surface area contributed by atoms with Crippen LogP contribution in [-0.4, -0.2) is 171 Å². The van der Waals surface area contributed by atoms with E-state index in [-0.39, 0.29) is 63.8 Å². The first kappa shape index (κ1) is 101. The van der Waals surface area contributed by atoms with Crippen molar-refractivity contribution >= 4 is 64.9 Å². The van der Waals surface area contributed by atoms with E-state index in [1.165, 1.54) is 128 Å². The molecule has 24 heteroatoms. The summed E-state index contributed by atoms with van der Waals surface area (Å²) in [5.74, 6) is -8.81. The van der Waals surface area contributed by atoms with Crippen LogP contribution in [0.3, 0.4) is 0 Å². The second kappa shape index (κ2) is 70.1. The van der Waals surface area contributed by atoms with Gasteiger partial charge in [0.1, 0.15) is 30.2 Å². The summed E-state index contributed by atoms with van der Waals surface area (Å²) in [6, 6.07) is -7.10. The van der Waals surface area contributed by atoms with Gasteiger partial charge in [-0.3, -0.25) is 43.3 Å². The monoisotopic (exact) mass is 1510 g/mol. The number of amides is 7. The van der Waals surface area contributed by atoms with Crippen LogP contribution >= 0.6 is 11.8 Å². The van der Waals surface area contributed by atoms with Gasteiger partial charge in [0, 0.05) is 30.8 Å².